The van der Waals surface area contributed by atoms with Crippen molar-refractivity contribution in [2.45, 2.75) is 31.5 Å². The average molecular weight is 347 g/mol. The predicted molar refractivity (Wildman–Crippen MR) is 92.3 cm³/mol. The van der Waals surface area contributed by atoms with Crippen molar-refractivity contribution in [1.82, 2.24) is 15.1 Å². The van der Waals surface area contributed by atoms with Gasteiger partial charge in [0, 0.05) is 38.8 Å². The number of β-amino-alcohol motifs (C(OH)–C–C–N with tert-alkyl or cyclic N) is 1. The lowest BCUT2D eigenvalue weighted by molar-refractivity contribution is -0.122. The summed E-state index contributed by atoms with van der Waals surface area (Å²) in [6.45, 7) is 3.05. The lowest BCUT2D eigenvalue weighted by Crippen LogP contribution is -2.41. The Bertz CT molecular complexity index is 633. The number of carboxylic acid groups (broad SMARTS) is 1. The molecule has 7 heteroatoms. The zero-order valence-electron chi connectivity index (χ0n) is 14.2. The van der Waals surface area contributed by atoms with Crippen LogP contribution in [0.5, 0.6) is 0 Å². The third-order valence-corrected chi connectivity index (χ3v) is 4.62. The van der Waals surface area contributed by atoms with Crippen LogP contribution in [-0.4, -0.2) is 76.8 Å². The van der Waals surface area contributed by atoms with Gasteiger partial charge < -0.3 is 15.5 Å². The first kappa shape index (κ1) is 17.8. The Labute approximate surface area is 147 Å². The van der Waals surface area contributed by atoms with Crippen molar-refractivity contribution in [3.05, 3.63) is 35.4 Å². The Kier molecular flexibility index (Phi) is 5.67. The van der Waals surface area contributed by atoms with Crippen molar-refractivity contribution in [3.63, 3.8) is 0 Å². The van der Waals surface area contributed by atoms with Crippen LogP contribution in [0.25, 0.3) is 0 Å². The van der Waals surface area contributed by atoms with Crippen molar-refractivity contribution >= 4 is 11.9 Å². The van der Waals surface area contributed by atoms with Gasteiger partial charge >= 0.3 is 5.97 Å². The third kappa shape index (κ3) is 5.26. The topological polar surface area (TPSA) is 93.1 Å². The van der Waals surface area contributed by atoms with Crippen molar-refractivity contribution in [2.24, 2.45) is 0 Å². The fraction of sp³-hybridized carbons (Fsp3) is 0.556. The summed E-state index contributed by atoms with van der Waals surface area (Å²) in [5, 5.41) is 22.5. The molecule has 1 saturated carbocycles. The van der Waals surface area contributed by atoms with Gasteiger partial charge in [-0.15, -0.1) is 0 Å². The minimum atomic E-state index is -0.940. The minimum absolute atomic E-state index is 0.0133. The number of aromatic carboxylic acids is 1. The Balaban J connectivity index is 1.57. The van der Waals surface area contributed by atoms with E-state index in [9.17, 15) is 19.8 Å². The maximum atomic E-state index is 12.0. The van der Waals surface area contributed by atoms with Crippen molar-refractivity contribution in [2.75, 3.05) is 32.7 Å². The van der Waals surface area contributed by atoms with E-state index in [4.69, 9.17) is 0 Å². The Morgan fingerprint density at radius 3 is 2.52 bits per heavy atom. The maximum Gasteiger partial charge on any atom is 0.336 e. The summed E-state index contributed by atoms with van der Waals surface area (Å²) < 4.78 is 0. The van der Waals surface area contributed by atoms with E-state index in [0.29, 0.717) is 50.9 Å². The van der Waals surface area contributed by atoms with Gasteiger partial charge in [-0.2, -0.15) is 0 Å². The molecular formula is C18H25N3O4. The highest BCUT2D eigenvalue weighted by Gasteiger charge is 2.26. The molecule has 1 aromatic carbocycles. The summed E-state index contributed by atoms with van der Waals surface area (Å²) in [5.41, 5.74) is 1.03. The number of aliphatic hydroxyl groups is 1. The number of benzene rings is 1. The van der Waals surface area contributed by atoms with Gasteiger partial charge in [-0.1, -0.05) is 18.2 Å². The average Bonchev–Trinajstić information content (AvgIpc) is 3.37. The van der Waals surface area contributed by atoms with Gasteiger partial charge in [0.1, 0.15) is 0 Å². The first-order valence-electron chi connectivity index (χ1n) is 8.74. The minimum Gasteiger partial charge on any atom is -0.478 e. The molecule has 1 aliphatic heterocycles. The van der Waals surface area contributed by atoms with Gasteiger partial charge in [-0.05, 0) is 24.5 Å². The summed E-state index contributed by atoms with van der Waals surface area (Å²) in [6, 6.07) is 7.28. The van der Waals surface area contributed by atoms with Crippen LogP contribution in [0, 0.1) is 0 Å². The quantitative estimate of drug-likeness (QED) is 0.678. The summed E-state index contributed by atoms with van der Waals surface area (Å²) in [7, 11) is 0. The van der Waals surface area contributed by atoms with Gasteiger partial charge in [-0.25, -0.2) is 4.79 Å². The van der Waals surface area contributed by atoms with E-state index in [1.54, 1.807) is 12.1 Å². The first-order chi connectivity index (χ1) is 12.0. The van der Waals surface area contributed by atoms with Crippen LogP contribution < -0.4 is 5.32 Å². The fourth-order valence-electron chi connectivity index (χ4n) is 3.22. The van der Waals surface area contributed by atoms with E-state index in [0.717, 1.165) is 18.4 Å². The molecular weight excluding hydrogens is 322 g/mol. The molecule has 2 fully saturated rings. The van der Waals surface area contributed by atoms with Crippen LogP contribution in [0.15, 0.2) is 24.3 Å². The molecule has 2 aliphatic rings. The molecule has 1 saturated heterocycles. The molecule has 3 N–H and O–H groups in total. The van der Waals surface area contributed by atoms with E-state index >= 15 is 0 Å². The van der Waals surface area contributed by atoms with Gasteiger partial charge in [0.2, 0.25) is 5.91 Å². The molecule has 1 atom stereocenters. The molecule has 0 aromatic heterocycles. The Morgan fingerprint density at radius 2 is 1.80 bits per heavy atom. The number of hydrogen-bond acceptors (Lipinski definition) is 5. The van der Waals surface area contributed by atoms with E-state index < -0.39 is 12.1 Å². The molecule has 25 heavy (non-hydrogen) atoms. The molecule has 1 amide bonds. The van der Waals surface area contributed by atoms with Crippen LogP contribution in [0.1, 0.15) is 28.8 Å². The first-order valence-corrected chi connectivity index (χ1v) is 8.74. The molecule has 3 rings (SSSR count). The normalized spacial score (nSPS) is 22.4. The molecule has 0 spiro atoms. The standard InChI is InChI=1S/C18H25N3O4/c22-15-10-20(9-13-3-1-2-4-16(13)18(24)25)7-8-21(11-15)12-17(23)19-14-5-6-14/h1-4,14-15,22H,5-12H2,(H,19,23)(H,24,25)/t15-/m0/s1. The van der Waals surface area contributed by atoms with Crippen LogP contribution in [0.2, 0.25) is 0 Å². The second-order valence-electron chi connectivity index (χ2n) is 6.93. The highest BCUT2D eigenvalue weighted by atomic mass is 16.4. The molecule has 0 radical (unpaired) electrons. The second-order valence-corrected chi connectivity index (χ2v) is 6.93. The van der Waals surface area contributed by atoms with Gasteiger partial charge in [0.15, 0.2) is 0 Å². The van der Waals surface area contributed by atoms with Crippen LogP contribution in [0.3, 0.4) is 0 Å². The summed E-state index contributed by atoms with van der Waals surface area (Å²) >= 11 is 0. The number of amides is 1. The predicted octanol–water partition coefficient (Wildman–Crippen LogP) is 0.142. The monoisotopic (exact) mass is 347 g/mol. The number of carboxylic acids is 1. The highest BCUT2D eigenvalue weighted by molar-refractivity contribution is 5.89. The number of rotatable bonds is 6. The van der Waals surface area contributed by atoms with Crippen molar-refractivity contribution in [1.29, 1.82) is 0 Å². The van der Waals surface area contributed by atoms with Gasteiger partial charge in [0.05, 0.1) is 18.2 Å². The van der Waals surface area contributed by atoms with Crippen molar-refractivity contribution < 1.29 is 19.8 Å². The van der Waals surface area contributed by atoms with E-state index in [-0.39, 0.29) is 5.91 Å². The van der Waals surface area contributed by atoms with E-state index in [2.05, 4.69) is 5.32 Å². The van der Waals surface area contributed by atoms with E-state index in [1.165, 1.54) is 0 Å². The zero-order valence-corrected chi connectivity index (χ0v) is 14.2. The largest absolute Gasteiger partial charge is 0.478 e. The summed E-state index contributed by atoms with van der Waals surface area (Å²) in [5.74, 6) is -0.927. The number of carbonyl (C=O) groups is 2. The number of nitrogens with zero attached hydrogens (tertiary/aromatic N) is 2. The van der Waals surface area contributed by atoms with Gasteiger partial charge in [0.25, 0.3) is 0 Å². The second kappa shape index (κ2) is 7.95. The SMILES string of the molecule is O=C(CN1CCN(Cc2ccccc2C(=O)O)C[C@H](O)C1)NC1CC1. The lowest BCUT2D eigenvalue weighted by Gasteiger charge is -2.22. The Hall–Kier alpha value is -1.96. The number of carbonyl (C=O) groups excluding carboxylic acids is 1. The van der Waals surface area contributed by atoms with Crippen LogP contribution in [0.4, 0.5) is 0 Å². The summed E-state index contributed by atoms with van der Waals surface area (Å²) in [4.78, 5) is 27.3. The molecule has 136 valence electrons. The molecule has 0 bridgehead atoms. The molecule has 0 unspecified atom stereocenters. The van der Waals surface area contributed by atoms with Gasteiger partial charge in [-0.3, -0.25) is 14.6 Å². The number of nitrogens with one attached hydrogen (secondary N) is 1. The van der Waals surface area contributed by atoms with Crippen LogP contribution in [-0.2, 0) is 11.3 Å². The Morgan fingerprint density at radius 1 is 1.12 bits per heavy atom. The van der Waals surface area contributed by atoms with E-state index in [1.807, 2.05) is 21.9 Å². The highest BCUT2D eigenvalue weighted by Crippen LogP contribution is 2.18. The van der Waals surface area contributed by atoms with Crippen molar-refractivity contribution in [3.8, 4) is 0 Å². The van der Waals surface area contributed by atoms with Crippen LogP contribution >= 0.6 is 0 Å². The smallest absolute Gasteiger partial charge is 0.336 e. The molecule has 1 heterocycles. The molecule has 1 aromatic rings. The zero-order chi connectivity index (χ0) is 17.8. The number of aliphatic hydroxyl groups excluding tert-OH is 1. The molecule has 7 nitrogen and oxygen atoms in total. The third-order valence-electron chi connectivity index (χ3n) is 4.62. The lowest BCUT2D eigenvalue weighted by atomic mass is 10.1. The molecule has 1 aliphatic carbocycles. The maximum absolute atomic E-state index is 12.0. The number of hydrogen-bond donors (Lipinski definition) is 3. The summed E-state index contributed by atoms with van der Waals surface area (Å²) in [6.07, 6.45) is 1.56. The fourth-order valence-corrected chi connectivity index (χ4v) is 3.22.